The van der Waals surface area contributed by atoms with E-state index < -0.39 is 5.82 Å². The van der Waals surface area contributed by atoms with Crippen LogP contribution in [0.1, 0.15) is 0 Å². The van der Waals surface area contributed by atoms with Crippen molar-refractivity contribution >= 4 is 28.4 Å². The fraction of sp³-hybridized carbons (Fsp3) is 0.294. The number of halogens is 1. The molecule has 0 spiro atoms. The first kappa shape index (κ1) is 16.4. The van der Waals surface area contributed by atoms with Gasteiger partial charge in [-0.2, -0.15) is 4.98 Å². The van der Waals surface area contributed by atoms with Crippen molar-refractivity contribution in [2.75, 3.05) is 31.2 Å². The molecule has 0 saturated carbocycles. The average Bonchev–Trinajstić information content (AvgIpc) is 2.93. The number of fused-ring (bicyclic) bond motifs is 1. The monoisotopic (exact) mass is 356 g/mol. The lowest BCUT2D eigenvalue weighted by molar-refractivity contribution is 0.122. The Morgan fingerprint density at radius 3 is 2.77 bits per heavy atom. The normalized spacial score (nSPS) is 15.2. The molecule has 1 aliphatic rings. The summed E-state index contributed by atoms with van der Waals surface area (Å²) in [5, 5.41) is 19.2. The summed E-state index contributed by atoms with van der Waals surface area (Å²) < 4.78 is 21.0. The lowest BCUT2D eigenvalue weighted by atomic mass is 10.2. The predicted octanol–water partition coefficient (Wildman–Crippen LogP) is 3.07. The Balaban J connectivity index is 1.69. The van der Waals surface area contributed by atoms with E-state index in [0.717, 1.165) is 17.1 Å². The molecule has 2 aromatic heterocycles. The molecule has 0 bridgehead atoms. The van der Waals surface area contributed by atoms with Gasteiger partial charge < -0.3 is 19.3 Å². The molecular weight excluding hydrogens is 339 g/mol. The van der Waals surface area contributed by atoms with Crippen LogP contribution in [0.3, 0.4) is 0 Å². The number of azo groups is 1. The van der Waals surface area contributed by atoms with Crippen LogP contribution in [0.15, 0.2) is 40.7 Å². The average molecular weight is 356 g/mol. The van der Waals surface area contributed by atoms with Gasteiger partial charge in [-0.25, -0.2) is 9.37 Å². The van der Waals surface area contributed by atoms with Crippen LogP contribution in [0, 0.1) is 5.82 Å². The first-order chi connectivity index (χ1) is 12.6. The SMILES string of the molecule is Cn1c(O)c(N=Nc2ncc(F)c(N3CCOCC3)n2)c2ccccc21. The van der Waals surface area contributed by atoms with Gasteiger partial charge in [0.15, 0.2) is 17.3 Å². The molecule has 26 heavy (non-hydrogen) atoms. The van der Waals surface area contributed by atoms with Gasteiger partial charge in [-0.3, -0.25) is 0 Å². The van der Waals surface area contributed by atoms with Gasteiger partial charge in [-0.05, 0) is 6.07 Å². The molecule has 3 aromatic rings. The third kappa shape index (κ3) is 2.86. The quantitative estimate of drug-likeness (QED) is 0.729. The highest BCUT2D eigenvalue weighted by atomic mass is 19.1. The number of anilines is 1. The molecule has 4 rings (SSSR count). The highest BCUT2D eigenvalue weighted by molar-refractivity contribution is 5.94. The van der Waals surface area contributed by atoms with Gasteiger partial charge in [-0.1, -0.05) is 18.2 Å². The second kappa shape index (κ2) is 6.68. The van der Waals surface area contributed by atoms with Crippen molar-refractivity contribution < 1.29 is 14.2 Å². The molecule has 1 saturated heterocycles. The fourth-order valence-electron chi connectivity index (χ4n) is 2.95. The second-order valence-electron chi connectivity index (χ2n) is 5.89. The topological polar surface area (TPSA) is 88.1 Å². The third-order valence-electron chi connectivity index (χ3n) is 4.31. The summed E-state index contributed by atoms with van der Waals surface area (Å²) in [6.45, 7) is 2.14. The first-order valence-corrected chi connectivity index (χ1v) is 8.18. The Bertz CT molecular complexity index is 981. The molecule has 0 aliphatic carbocycles. The molecule has 0 radical (unpaired) electrons. The third-order valence-corrected chi connectivity index (χ3v) is 4.31. The Morgan fingerprint density at radius 2 is 1.96 bits per heavy atom. The van der Waals surface area contributed by atoms with E-state index in [-0.39, 0.29) is 17.6 Å². The lowest BCUT2D eigenvalue weighted by Gasteiger charge is -2.27. The summed E-state index contributed by atoms with van der Waals surface area (Å²) in [6.07, 6.45) is 1.08. The van der Waals surface area contributed by atoms with E-state index in [4.69, 9.17) is 4.74 Å². The van der Waals surface area contributed by atoms with E-state index in [2.05, 4.69) is 20.2 Å². The van der Waals surface area contributed by atoms with Gasteiger partial charge in [0.2, 0.25) is 5.88 Å². The minimum atomic E-state index is -0.515. The van der Waals surface area contributed by atoms with Gasteiger partial charge in [-0.15, -0.1) is 10.2 Å². The summed E-state index contributed by atoms with van der Waals surface area (Å²) in [5.74, 6) is -0.316. The van der Waals surface area contributed by atoms with Crippen molar-refractivity contribution in [3.63, 3.8) is 0 Å². The molecule has 134 valence electrons. The molecule has 1 N–H and O–H groups in total. The summed E-state index contributed by atoms with van der Waals surface area (Å²) in [7, 11) is 1.74. The van der Waals surface area contributed by atoms with E-state index in [1.807, 2.05) is 24.3 Å². The maximum atomic E-state index is 14.1. The summed E-state index contributed by atoms with van der Waals surface area (Å²) in [5.41, 5.74) is 1.15. The van der Waals surface area contributed by atoms with Crippen molar-refractivity contribution in [1.82, 2.24) is 14.5 Å². The maximum Gasteiger partial charge on any atom is 0.271 e. The Morgan fingerprint density at radius 1 is 1.19 bits per heavy atom. The van der Waals surface area contributed by atoms with Crippen LogP contribution in [-0.2, 0) is 11.8 Å². The number of hydrogen-bond acceptors (Lipinski definition) is 7. The summed E-state index contributed by atoms with van der Waals surface area (Å²) in [4.78, 5) is 9.82. The highest BCUT2D eigenvalue weighted by Gasteiger charge is 2.18. The van der Waals surface area contributed by atoms with Crippen LogP contribution in [0.25, 0.3) is 10.9 Å². The van der Waals surface area contributed by atoms with Gasteiger partial charge in [0.05, 0.1) is 24.9 Å². The number of rotatable bonds is 3. The van der Waals surface area contributed by atoms with E-state index in [1.54, 1.807) is 16.5 Å². The van der Waals surface area contributed by atoms with Crippen molar-refractivity contribution in [2.24, 2.45) is 17.3 Å². The number of aromatic hydroxyl groups is 1. The second-order valence-corrected chi connectivity index (χ2v) is 5.89. The number of aromatic nitrogens is 3. The molecule has 1 aliphatic heterocycles. The Hall–Kier alpha value is -3.07. The van der Waals surface area contributed by atoms with Crippen molar-refractivity contribution in [1.29, 1.82) is 0 Å². The lowest BCUT2D eigenvalue weighted by Crippen LogP contribution is -2.37. The number of ether oxygens (including phenoxy) is 1. The van der Waals surface area contributed by atoms with Crippen LogP contribution in [0.5, 0.6) is 5.88 Å². The molecule has 0 atom stereocenters. The van der Waals surface area contributed by atoms with Crippen LogP contribution in [0.4, 0.5) is 21.8 Å². The van der Waals surface area contributed by atoms with E-state index in [9.17, 15) is 9.50 Å². The first-order valence-electron chi connectivity index (χ1n) is 8.18. The number of morpholine rings is 1. The number of benzene rings is 1. The van der Waals surface area contributed by atoms with E-state index in [1.165, 1.54) is 0 Å². The minimum Gasteiger partial charge on any atom is -0.493 e. The van der Waals surface area contributed by atoms with Gasteiger partial charge in [0.25, 0.3) is 5.95 Å². The van der Waals surface area contributed by atoms with Crippen LogP contribution in [0.2, 0.25) is 0 Å². The predicted molar refractivity (Wildman–Crippen MR) is 93.8 cm³/mol. The molecule has 3 heterocycles. The highest BCUT2D eigenvalue weighted by Crippen LogP contribution is 2.38. The molecule has 8 nitrogen and oxygen atoms in total. The largest absolute Gasteiger partial charge is 0.493 e. The zero-order valence-corrected chi connectivity index (χ0v) is 14.1. The maximum absolute atomic E-state index is 14.1. The van der Waals surface area contributed by atoms with E-state index in [0.29, 0.717) is 32.0 Å². The molecule has 1 aromatic carbocycles. The number of nitrogens with zero attached hydrogens (tertiary/aromatic N) is 6. The van der Waals surface area contributed by atoms with Crippen molar-refractivity contribution in [2.45, 2.75) is 0 Å². The number of para-hydroxylation sites is 1. The minimum absolute atomic E-state index is 0.00883. The van der Waals surface area contributed by atoms with Crippen molar-refractivity contribution in [3.8, 4) is 5.88 Å². The molecule has 1 fully saturated rings. The zero-order chi connectivity index (χ0) is 18.1. The smallest absolute Gasteiger partial charge is 0.271 e. The van der Waals surface area contributed by atoms with Gasteiger partial charge in [0, 0.05) is 25.5 Å². The summed E-state index contributed by atoms with van der Waals surface area (Å²) in [6, 6.07) is 7.44. The number of hydrogen-bond donors (Lipinski definition) is 1. The molecular formula is C17H17FN6O2. The standard InChI is InChI=1S/C17H17FN6O2/c1-23-13-5-3-2-4-11(13)14(16(23)25)21-22-17-19-10-12(18)15(20-17)24-6-8-26-9-7-24/h2-5,10,25H,6-9H2,1H3. The zero-order valence-electron chi connectivity index (χ0n) is 14.1. The number of aryl methyl sites for hydroxylation is 1. The molecule has 0 amide bonds. The Kier molecular flexibility index (Phi) is 4.21. The van der Waals surface area contributed by atoms with Crippen molar-refractivity contribution in [3.05, 3.63) is 36.3 Å². The van der Waals surface area contributed by atoms with Crippen LogP contribution in [-0.4, -0.2) is 45.9 Å². The van der Waals surface area contributed by atoms with Gasteiger partial charge in [0.1, 0.15) is 0 Å². The Labute approximate surface area is 148 Å². The van der Waals surface area contributed by atoms with Crippen LogP contribution < -0.4 is 4.90 Å². The van der Waals surface area contributed by atoms with Crippen LogP contribution >= 0.6 is 0 Å². The van der Waals surface area contributed by atoms with E-state index >= 15 is 0 Å². The molecule has 0 unspecified atom stereocenters. The summed E-state index contributed by atoms with van der Waals surface area (Å²) >= 11 is 0. The molecule has 9 heteroatoms. The van der Waals surface area contributed by atoms with Gasteiger partial charge >= 0.3 is 0 Å². The fourth-order valence-corrected chi connectivity index (χ4v) is 2.95.